The Balaban J connectivity index is 2.32. The van der Waals surface area contributed by atoms with Crippen LogP contribution in [0, 0.1) is 17.5 Å². The number of imidazole rings is 1. The van der Waals surface area contributed by atoms with E-state index in [0.717, 1.165) is 12.1 Å². The molecule has 2 N–H and O–H groups in total. The van der Waals surface area contributed by atoms with Gasteiger partial charge in [-0.15, -0.1) is 0 Å². The Morgan fingerprint density at radius 1 is 1.10 bits per heavy atom. The van der Waals surface area contributed by atoms with E-state index in [1.807, 2.05) is 0 Å². The van der Waals surface area contributed by atoms with E-state index >= 15 is 0 Å². The topological polar surface area (TPSA) is 56.7 Å². The first-order valence-electron chi connectivity index (χ1n) is 5.42. The van der Waals surface area contributed by atoms with Crippen LogP contribution in [0.2, 0.25) is 0 Å². The molecule has 0 aliphatic rings. The normalized spacial score (nSPS) is 11.2. The molecule has 0 unspecified atom stereocenters. The van der Waals surface area contributed by atoms with Crippen molar-refractivity contribution in [2.24, 2.45) is 0 Å². The number of fused-ring (bicyclic) bond motifs is 1. The van der Waals surface area contributed by atoms with Crippen molar-refractivity contribution in [2.75, 3.05) is 5.73 Å². The standard InChI is InChI=1S/C12H6BrF3N4/c13-5-1-9-11(18-4-5)20(12(17)19-9)6-2-7(14)10(16)8(15)3-6/h1-4H,(H2,17,19). The van der Waals surface area contributed by atoms with Gasteiger partial charge in [-0.05, 0) is 22.0 Å². The monoisotopic (exact) mass is 342 g/mol. The van der Waals surface area contributed by atoms with Gasteiger partial charge in [-0.1, -0.05) is 0 Å². The van der Waals surface area contributed by atoms with Crippen molar-refractivity contribution in [1.29, 1.82) is 0 Å². The maximum absolute atomic E-state index is 13.3. The zero-order valence-corrected chi connectivity index (χ0v) is 11.3. The minimum Gasteiger partial charge on any atom is -0.369 e. The Morgan fingerprint density at radius 3 is 2.40 bits per heavy atom. The molecule has 0 atom stereocenters. The Labute approximate surface area is 119 Å². The van der Waals surface area contributed by atoms with Crippen LogP contribution in [0.5, 0.6) is 0 Å². The van der Waals surface area contributed by atoms with Crippen LogP contribution >= 0.6 is 15.9 Å². The summed E-state index contributed by atoms with van der Waals surface area (Å²) in [6.07, 6.45) is 1.50. The highest BCUT2D eigenvalue weighted by Crippen LogP contribution is 2.25. The summed E-state index contributed by atoms with van der Waals surface area (Å²) in [5.41, 5.74) is 6.50. The van der Waals surface area contributed by atoms with Gasteiger partial charge in [0.2, 0.25) is 5.95 Å². The maximum atomic E-state index is 13.3. The van der Waals surface area contributed by atoms with E-state index in [0.29, 0.717) is 15.6 Å². The molecule has 0 aliphatic carbocycles. The van der Waals surface area contributed by atoms with Crippen molar-refractivity contribution < 1.29 is 13.2 Å². The average Bonchev–Trinajstić information content (AvgIpc) is 2.70. The second-order valence-electron chi connectivity index (χ2n) is 4.03. The molecule has 4 nitrogen and oxygen atoms in total. The van der Waals surface area contributed by atoms with Gasteiger partial charge in [0.1, 0.15) is 5.52 Å². The third-order valence-electron chi connectivity index (χ3n) is 2.72. The summed E-state index contributed by atoms with van der Waals surface area (Å²) in [6, 6.07) is 3.32. The van der Waals surface area contributed by atoms with Gasteiger partial charge in [0.15, 0.2) is 23.1 Å². The number of nitrogen functional groups attached to an aromatic ring is 1. The van der Waals surface area contributed by atoms with E-state index in [2.05, 4.69) is 25.9 Å². The molecule has 0 radical (unpaired) electrons. The highest BCUT2D eigenvalue weighted by atomic mass is 79.9. The van der Waals surface area contributed by atoms with Gasteiger partial charge in [0.05, 0.1) is 5.69 Å². The number of aromatic nitrogens is 3. The molecule has 0 amide bonds. The van der Waals surface area contributed by atoms with E-state index < -0.39 is 17.5 Å². The van der Waals surface area contributed by atoms with E-state index in [1.165, 1.54) is 10.8 Å². The lowest BCUT2D eigenvalue weighted by molar-refractivity contribution is 0.446. The first kappa shape index (κ1) is 12.9. The van der Waals surface area contributed by atoms with Gasteiger partial charge in [0, 0.05) is 22.8 Å². The Kier molecular flexibility index (Phi) is 2.89. The third-order valence-corrected chi connectivity index (χ3v) is 3.15. The minimum atomic E-state index is -1.53. The third kappa shape index (κ3) is 1.92. The summed E-state index contributed by atoms with van der Waals surface area (Å²) in [5.74, 6) is -4.15. The number of nitrogens with two attached hydrogens (primary N) is 1. The summed E-state index contributed by atoms with van der Waals surface area (Å²) < 4.78 is 41.5. The molecule has 3 aromatic rings. The molecule has 102 valence electrons. The molecule has 0 saturated carbocycles. The van der Waals surface area contributed by atoms with Crippen molar-refractivity contribution in [3.8, 4) is 5.69 Å². The lowest BCUT2D eigenvalue weighted by atomic mass is 10.3. The predicted octanol–water partition coefficient (Wildman–Crippen LogP) is 3.18. The second kappa shape index (κ2) is 4.48. The molecule has 0 saturated heterocycles. The summed E-state index contributed by atoms with van der Waals surface area (Å²) in [7, 11) is 0. The van der Waals surface area contributed by atoms with E-state index in [1.54, 1.807) is 6.07 Å². The van der Waals surface area contributed by atoms with Crippen LogP contribution in [-0.4, -0.2) is 14.5 Å². The first-order chi connectivity index (χ1) is 9.47. The van der Waals surface area contributed by atoms with Gasteiger partial charge in [0.25, 0.3) is 0 Å². The number of rotatable bonds is 1. The van der Waals surface area contributed by atoms with E-state index in [-0.39, 0.29) is 11.6 Å². The van der Waals surface area contributed by atoms with Gasteiger partial charge >= 0.3 is 0 Å². The Bertz CT molecular complexity index is 808. The smallest absolute Gasteiger partial charge is 0.207 e. The molecular weight excluding hydrogens is 337 g/mol. The molecular formula is C12H6BrF3N4. The molecule has 0 aliphatic heterocycles. The molecule has 0 spiro atoms. The maximum Gasteiger partial charge on any atom is 0.207 e. The van der Waals surface area contributed by atoms with Crippen LogP contribution in [0.1, 0.15) is 0 Å². The molecule has 0 bridgehead atoms. The van der Waals surface area contributed by atoms with Crippen LogP contribution in [-0.2, 0) is 0 Å². The number of benzene rings is 1. The molecule has 20 heavy (non-hydrogen) atoms. The zero-order chi connectivity index (χ0) is 14.4. The van der Waals surface area contributed by atoms with Crippen LogP contribution in [0.3, 0.4) is 0 Å². The molecule has 2 aromatic heterocycles. The highest BCUT2D eigenvalue weighted by molar-refractivity contribution is 9.10. The molecule has 1 aromatic carbocycles. The molecule has 8 heteroatoms. The van der Waals surface area contributed by atoms with Crippen LogP contribution in [0.15, 0.2) is 28.9 Å². The average molecular weight is 343 g/mol. The fraction of sp³-hybridized carbons (Fsp3) is 0. The molecule has 3 rings (SSSR count). The van der Waals surface area contributed by atoms with Crippen LogP contribution in [0.4, 0.5) is 19.1 Å². The van der Waals surface area contributed by atoms with Crippen molar-refractivity contribution in [3.05, 3.63) is 46.3 Å². The number of nitrogens with zero attached hydrogens (tertiary/aromatic N) is 3. The summed E-state index contributed by atoms with van der Waals surface area (Å²) in [5, 5.41) is 0. The van der Waals surface area contributed by atoms with E-state index in [4.69, 9.17) is 5.73 Å². The van der Waals surface area contributed by atoms with Gasteiger partial charge < -0.3 is 5.73 Å². The summed E-state index contributed by atoms with van der Waals surface area (Å²) in [4.78, 5) is 8.14. The van der Waals surface area contributed by atoms with Gasteiger partial charge in [-0.25, -0.2) is 23.1 Å². The lowest BCUT2D eigenvalue weighted by Crippen LogP contribution is -2.04. The quantitative estimate of drug-likeness (QED) is 0.691. The summed E-state index contributed by atoms with van der Waals surface area (Å²) in [6.45, 7) is 0. The molecule has 0 fully saturated rings. The highest BCUT2D eigenvalue weighted by Gasteiger charge is 2.16. The Morgan fingerprint density at radius 2 is 1.75 bits per heavy atom. The van der Waals surface area contributed by atoms with Crippen molar-refractivity contribution in [3.63, 3.8) is 0 Å². The van der Waals surface area contributed by atoms with Crippen molar-refractivity contribution >= 4 is 33.0 Å². The van der Waals surface area contributed by atoms with Crippen molar-refractivity contribution in [1.82, 2.24) is 14.5 Å². The fourth-order valence-corrected chi connectivity index (χ4v) is 2.20. The van der Waals surface area contributed by atoms with Gasteiger partial charge in [-0.2, -0.15) is 0 Å². The number of hydrogen-bond donors (Lipinski definition) is 1. The van der Waals surface area contributed by atoms with Crippen LogP contribution in [0.25, 0.3) is 16.9 Å². The number of halogens is 4. The van der Waals surface area contributed by atoms with Gasteiger partial charge in [-0.3, -0.25) is 4.57 Å². The summed E-state index contributed by atoms with van der Waals surface area (Å²) >= 11 is 3.23. The number of anilines is 1. The lowest BCUT2D eigenvalue weighted by Gasteiger charge is -2.07. The predicted molar refractivity (Wildman–Crippen MR) is 70.9 cm³/mol. The minimum absolute atomic E-state index is 0.00370. The zero-order valence-electron chi connectivity index (χ0n) is 9.74. The van der Waals surface area contributed by atoms with Crippen molar-refractivity contribution in [2.45, 2.75) is 0 Å². The fourth-order valence-electron chi connectivity index (χ4n) is 1.88. The van der Waals surface area contributed by atoms with E-state index in [9.17, 15) is 13.2 Å². The number of pyridine rings is 1. The molecule has 2 heterocycles. The largest absolute Gasteiger partial charge is 0.369 e. The second-order valence-corrected chi connectivity index (χ2v) is 4.94. The first-order valence-corrected chi connectivity index (χ1v) is 6.21. The van der Waals surface area contributed by atoms with Crippen LogP contribution < -0.4 is 5.73 Å². The number of hydrogen-bond acceptors (Lipinski definition) is 3. The SMILES string of the molecule is Nc1nc2cc(Br)cnc2n1-c1cc(F)c(F)c(F)c1. The Hall–Kier alpha value is -2.09.